The third-order valence-corrected chi connectivity index (χ3v) is 4.61. The van der Waals surface area contributed by atoms with Crippen LogP contribution in [-0.4, -0.2) is 5.11 Å². The van der Waals surface area contributed by atoms with Gasteiger partial charge in [-0.15, -0.1) is 0 Å². The largest absolute Gasteiger partial charge is 0.416 e. The van der Waals surface area contributed by atoms with Crippen LogP contribution in [0.2, 0.25) is 0 Å². The molecule has 2 unspecified atom stereocenters. The van der Waals surface area contributed by atoms with Crippen molar-refractivity contribution in [2.24, 2.45) is 11.3 Å². The van der Waals surface area contributed by atoms with E-state index in [1.807, 2.05) is 20.8 Å². The molecule has 0 spiro atoms. The lowest BCUT2D eigenvalue weighted by Crippen LogP contribution is -2.44. The highest BCUT2D eigenvalue weighted by Crippen LogP contribution is 2.50. The second-order valence-corrected chi connectivity index (χ2v) is 7.17. The van der Waals surface area contributed by atoms with Crippen LogP contribution in [0.1, 0.15) is 57.6 Å². The van der Waals surface area contributed by atoms with Crippen LogP contribution >= 0.6 is 0 Å². The lowest BCUT2D eigenvalue weighted by Gasteiger charge is -2.47. The van der Waals surface area contributed by atoms with Crippen molar-refractivity contribution >= 4 is 0 Å². The minimum atomic E-state index is -4.38. The Morgan fingerprint density at radius 1 is 1.14 bits per heavy atom. The predicted molar refractivity (Wildman–Crippen MR) is 76.8 cm³/mol. The van der Waals surface area contributed by atoms with Crippen molar-refractivity contribution in [3.8, 4) is 0 Å². The first-order valence-electron chi connectivity index (χ1n) is 7.45. The second-order valence-electron chi connectivity index (χ2n) is 7.17. The predicted octanol–water partition coefficient (Wildman–Crippen LogP) is 5.13. The Morgan fingerprint density at radius 3 is 2.38 bits per heavy atom. The van der Waals surface area contributed by atoms with Crippen molar-refractivity contribution in [2.75, 3.05) is 0 Å². The van der Waals surface area contributed by atoms with Gasteiger partial charge in [0.25, 0.3) is 0 Å². The molecule has 1 aliphatic carbocycles. The number of rotatable bonds is 1. The van der Waals surface area contributed by atoms with E-state index in [1.165, 1.54) is 6.07 Å². The van der Waals surface area contributed by atoms with E-state index in [0.717, 1.165) is 31.4 Å². The highest BCUT2D eigenvalue weighted by atomic mass is 19.4. The maximum atomic E-state index is 12.9. The molecule has 0 bridgehead atoms. The van der Waals surface area contributed by atoms with E-state index >= 15 is 0 Å². The standard InChI is InChI=1S/C17H23F3O/c1-15(2,3)14-9-4-5-10-16(14,21)12-7-6-8-13(11-12)17(18,19)20/h6-8,11,14,21H,4-5,9-10H2,1-3H3. The summed E-state index contributed by atoms with van der Waals surface area (Å²) in [5, 5.41) is 11.2. The lowest BCUT2D eigenvalue weighted by molar-refractivity contribution is -0.138. The van der Waals surface area contributed by atoms with Gasteiger partial charge < -0.3 is 5.11 Å². The zero-order valence-electron chi connectivity index (χ0n) is 12.8. The van der Waals surface area contributed by atoms with Gasteiger partial charge in [0.15, 0.2) is 0 Å². The third kappa shape index (κ3) is 3.25. The molecule has 1 N–H and O–H groups in total. The minimum Gasteiger partial charge on any atom is -0.385 e. The molecular formula is C17H23F3O. The van der Waals surface area contributed by atoms with Crippen molar-refractivity contribution < 1.29 is 18.3 Å². The first-order chi connectivity index (χ1) is 9.55. The summed E-state index contributed by atoms with van der Waals surface area (Å²) in [7, 11) is 0. The molecule has 0 aromatic heterocycles. The molecule has 21 heavy (non-hydrogen) atoms. The van der Waals surface area contributed by atoms with Crippen molar-refractivity contribution in [1.82, 2.24) is 0 Å². The molecule has 1 saturated carbocycles. The molecule has 4 heteroatoms. The van der Waals surface area contributed by atoms with E-state index in [2.05, 4.69) is 0 Å². The Bertz CT molecular complexity index is 501. The highest BCUT2D eigenvalue weighted by molar-refractivity contribution is 5.31. The topological polar surface area (TPSA) is 20.2 Å². The lowest BCUT2D eigenvalue weighted by atomic mass is 9.61. The van der Waals surface area contributed by atoms with Gasteiger partial charge in [0.05, 0.1) is 11.2 Å². The first-order valence-corrected chi connectivity index (χ1v) is 7.45. The average molecular weight is 300 g/mol. The van der Waals surface area contributed by atoms with Gasteiger partial charge in [-0.05, 0) is 41.9 Å². The van der Waals surface area contributed by atoms with Crippen molar-refractivity contribution in [1.29, 1.82) is 0 Å². The number of halogens is 3. The zero-order valence-corrected chi connectivity index (χ0v) is 12.8. The molecule has 0 saturated heterocycles. The summed E-state index contributed by atoms with van der Waals surface area (Å²) in [5.41, 5.74) is -1.61. The highest BCUT2D eigenvalue weighted by Gasteiger charge is 2.46. The molecule has 2 rings (SSSR count). The summed E-state index contributed by atoms with van der Waals surface area (Å²) in [5.74, 6) is -0.0396. The van der Waals surface area contributed by atoms with Crippen LogP contribution in [-0.2, 0) is 11.8 Å². The maximum absolute atomic E-state index is 12.9. The smallest absolute Gasteiger partial charge is 0.385 e. The molecule has 0 amide bonds. The van der Waals surface area contributed by atoms with E-state index in [-0.39, 0.29) is 11.3 Å². The van der Waals surface area contributed by atoms with E-state index in [4.69, 9.17) is 0 Å². The number of aliphatic hydroxyl groups is 1. The fourth-order valence-electron chi connectivity index (χ4n) is 3.62. The summed E-state index contributed by atoms with van der Waals surface area (Å²) < 4.78 is 38.7. The van der Waals surface area contributed by atoms with E-state index in [0.29, 0.717) is 12.0 Å². The van der Waals surface area contributed by atoms with Crippen molar-refractivity contribution in [3.05, 3.63) is 35.4 Å². The molecule has 1 fully saturated rings. The molecule has 1 nitrogen and oxygen atoms in total. The molecule has 1 aliphatic rings. The normalized spacial score (nSPS) is 27.7. The minimum absolute atomic E-state index is 0.0396. The summed E-state index contributed by atoms with van der Waals surface area (Å²) >= 11 is 0. The van der Waals surface area contributed by atoms with Gasteiger partial charge in [-0.25, -0.2) is 0 Å². The van der Waals surface area contributed by atoms with Crippen molar-refractivity contribution in [3.63, 3.8) is 0 Å². The van der Waals surface area contributed by atoms with E-state index < -0.39 is 17.3 Å². The molecule has 1 aromatic carbocycles. The van der Waals surface area contributed by atoms with E-state index in [9.17, 15) is 18.3 Å². The van der Waals surface area contributed by atoms with Crippen LogP contribution in [0.25, 0.3) is 0 Å². The zero-order chi connectivity index (χ0) is 15.9. The van der Waals surface area contributed by atoms with Gasteiger partial charge >= 0.3 is 6.18 Å². The fourth-order valence-corrected chi connectivity index (χ4v) is 3.62. The molecular weight excluding hydrogens is 277 g/mol. The number of alkyl halides is 3. The quantitative estimate of drug-likeness (QED) is 0.762. The van der Waals surface area contributed by atoms with Crippen LogP contribution in [0.4, 0.5) is 13.2 Å². The summed E-state index contributed by atoms with van der Waals surface area (Å²) in [4.78, 5) is 0. The number of benzene rings is 1. The Kier molecular flexibility index (Phi) is 4.13. The van der Waals surface area contributed by atoms with Gasteiger partial charge in [0.1, 0.15) is 0 Å². The Labute approximate surface area is 124 Å². The molecule has 2 atom stereocenters. The van der Waals surface area contributed by atoms with Crippen molar-refractivity contribution in [2.45, 2.75) is 58.2 Å². The van der Waals surface area contributed by atoms with Gasteiger partial charge in [0, 0.05) is 0 Å². The van der Waals surface area contributed by atoms with E-state index in [1.54, 1.807) is 6.07 Å². The van der Waals surface area contributed by atoms with Gasteiger partial charge in [-0.2, -0.15) is 13.2 Å². The Hall–Kier alpha value is -1.03. The van der Waals surface area contributed by atoms with Crippen LogP contribution in [0.15, 0.2) is 24.3 Å². The van der Waals surface area contributed by atoms with Gasteiger partial charge in [-0.1, -0.05) is 45.7 Å². The number of hydrogen-bond acceptors (Lipinski definition) is 1. The number of hydrogen-bond donors (Lipinski definition) is 1. The molecule has 0 radical (unpaired) electrons. The van der Waals surface area contributed by atoms with Crippen LogP contribution in [0.5, 0.6) is 0 Å². The maximum Gasteiger partial charge on any atom is 0.416 e. The fraction of sp³-hybridized carbons (Fsp3) is 0.647. The van der Waals surface area contributed by atoms with Crippen LogP contribution < -0.4 is 0 Å². The summed E-state index contributed by atoms with van der Waals surface area (Å²) in [6, 6.07) is 5.19. The summed E-state index contributed by atoms with van der Waals surface area (Å²) in [6.07, 6.45) is -1.15. The molecule has 118 valence electrons. The van der Waals surface area contributed by atoms with Gasteiger partial charge in [-0.3, -0.25) is 0 Å². The molecule has 0 aliphatic heterocycles. The first kappa shape index (κ1) is 16.3. The Balaban J connectivity index is 2.46. The SMILES string of the molecule is CC(C)(C)C1CCCCC1(O)c1cccc(C(F)(F)F)c1. The van der Waals surface area contributed by atoms with Crippen LogP contribution in [0, 0.1) is 11.3 Å². The van der Waals surface area contributed by atoms with Gasteiger partial charge in [0.2, 0.25) is 0 Å². The third-order valence-electron chi connectivity index (χ3n) is 4.61. The average Bonchev–Trinajstić information content (AvgIpc) is 2.37. The molecule has 0 heterocycles. The molecule has 1 aromatic rings. The van der Waals surface area contributed by atoms with Crippen LogP contribution in [0.3, 0.4) is 0 Å². The monoisotopic (exact) mass is 300 g/mol. The second kappa shape index (κ2) is 5.31. The Morgan fingerprint density at radius 2 is 1.81 bits per heavy atom. The summed E-state index contributed by atoms with van der Waals surface area (Å²) in [6.45, 7) is 6.13.